The van der Waals surface area contributed by atoms with E-state index in [2.05, 4.69) is 13.5 Å². The first-order valence-electron chi connectivity index (χ1n) is 7.20. The molecule has 3 aliphatic carbocycles. The number of ether oxygens (including phenoxy) is 1. The highest BCUT2D eigenvalue weighted by Crippen LogP contribution is 2.54. The Hall–Kier alpha value is -1.64. The number of fused-ring (bicyclic) bond motifs is 1. The fourth-order valence-corrected chi connectivity index (χ4v) is 4.04. The van der Waals surface area contributed by atoms with E-state index < -0.39 is 0 Å². The van der Waals surface area contributed by atoms with Crippen molar-refractivity contribution in [2.75, 3.05) is 7.11 Å². The Kier molecular flexibility index (Phi) is 2.96. The van der Waals surface area contributed by atoms with Crippen LogP contribution in [0.15, 0.2) is 35.1 Å². The van der Waals surface area contributed by atoms with Gasteiger partial charge in [0.15, 0.2) is 11.5 Å². The molecule has 3 rings (SSSR count). The van der Waals surface area contributed by atoms with Crippen LogP contribution in [0.4, 0.5) is 0 Å². The Bertz CT molecular complexity index is 579. The molecular formula is C17H20O3. The van der Waals surface area contributed by atoms with Gasteiger partial charge in [0.25, 0.3) is 0 Å². The highest BCUT2D eigenvalue weighted by atomic mass is 16.5. The second kappa shape index (κ2) is 4.44. The van der Waals surface area contributed by atoms with Gasteiger partial charge in [0.05, 0.1) is 7.11 Å². The largest absolute Gasteiger partial charge is 0.493 e. The summed E-state index contributed by atoms with van der Waals surface area (Å²) >= 11 is 0. The highest BCUT2D eigenvalue weighted by molar-refractivity contribution is 6.22. The van der Waals surface area contributed by atoms with Gasteiger partial charge in [-0.3, -0.25) is 9.59 Å². The number of hydrogen-bond donors (Lipinski definition) is 0. The van der Waals surface area contributed by atoms with Crippen molar-refractivity contribution in [2.24, 2.45) is 11.3 Å². The lowest BCUT2D eigenvalue weighted by Gasteiger charge is -2.47. The summed E-state index contributed by atoms with van der Waals surface area (Å²) in [5.41, 5.74) is 2.69. The number of carbonyl (C=O) groups excluding carboxylic acids is 2. The van der Waals surface area contributed by atoms with Gasteiger partial charge >= 0.3 is 0 Å². The van der Waals surface area contributed by atoms with E-state index in [1.54, 1.807) is 0 Å². The lowest BCUT2D eigenvalue weighted by molar-refractivity contribution is -0.119. The molecule has 2 atom stereocenters. The number of allylic oxidation sites excluding steroid dienone is 4. The Morgan fingerprint density at radius 3 is 2.80 bits per heavy atom. The number of Topliss-reactive ketones (excluding diaryl/α,β-unsaturated/α-hetero) is 1. The topological polar surface area (TPSA) is 43.4 Å². The van der Waals surface area contributed by atoms with Crippen LogP contribution in [0.5, 0.6) is 0 Å². The molecule has 3 heteroatoms. The number of hydrogen-bond acceptors (Lipinski definition) is 3. The van der Waals surface area contributed by atoms with Crippen LogP contribution in [0.3, 0.4) is 0 Å². The maximum absolute atomic E-state index is 12.4. The lowest BCUT2D eigenvalue weighted by Crippen LogP contribution is -2.40. The molecule has 0 bridgehead atoms. The molecule has 0 spiro atoms. The van der Waals surface area contributed by atoms with E-state index in [0.29, 0.717) is 29.9 Å². The standard InChI is InChI=1S/C17H20O3/c1-10-5-4-6-17(2)9-12-11(7-13(10)17)14(18)8-15(20-3)16(12)19/h8,13H,1,4-7,9H2,2-3H3. The monoisotopic (exact) mass is 272 g/mol. The molecule has 0 heterocycles. The molecule has 0 amide bonds. The summed E-state index contributed by atoms with van der Waals surface area (Å²) in [6.07, 6.45) is 5.96. The zero-order valence-corrected chi connectivity index (χ0v) is 12.1. The van der Waals surface area contributed by atoms with E-state index in [1.165, 1.54) is 18.8 Å². The van der Waals surface area contributed by atoms with Crippen LogP contribution in [-0.2, 0) is 14.3 Å². The molecule has 1 saturated carbocycles. The smallest absolute Gasteiger partial charge is 0.224 e. The molecule has 2 unspecified atom stereocenters. The molecule has 0 N–H and O–H groups in total. The van der Waals surface area contributed by atoms with Gasteiger partial charge < -0.3 is 4.74 Å². The van der Waals surface area contributed by atoms with E-state index in [4.69, 9.17) is 4.74 Å². The van der Waals surface area contributed by atoms with Crippen molar-refractivity contribution < 1.29 is 14.3 Å². The van der Waals surface area contributed by atoms with Gasteiger partial charge in [-0.2, -0.15) is 0 Å². The summed E-state index contributed by atoms with van der Waals surface area (Å²) in [4.78, 5) is 24.6. The van der Waals surface area contributed by atoms with Gasteiger partial charge in [-0.05, 0) is 43.4 Å². The number of carbonyl (C=O) groups is 2. The first kappa shape index (κ1) is 13.3. The number of methoxy groups -OCH3 is 1. The summed E-state index contributed by atoms with van der Waals surface area (Å²) in [6.45, 7) is 6.43. The van der Waals surface area contributed by atoms with Crippen LogP contribution < -0.4 is 0 Å². The quantitative estimate of drug-likeness (QED) is 0.544. The molecule has 0 aromatic carbocycles. The number of ketones is 2. The molecule has 0 radical (unpaired) electrons. The summed E-state index contributed by atoms with van der Waals surface area (Å²) in [5.74, 6) is 0.365. The van der Waals surface area contributed by atoms with Gasteiger partial charge in [0.1, 0.15) is 0 Å². The predicted molar refractivity (Wildman–Crippen MR) is 76.0 cm³/mol. The van der Waals surface area contributed by atoms with Crippen molar-refractivity contribution >= 4 is 11.6 Å². The molecule has 20 heavy (non-hydrogen) atoms. The van der Waals surface area contributed by atoms with Gasteiger partial charge in [-0.15, -0.1) is 0 Å². The molecule has 0 aromatic heterocycles. The summed E-state index contributed by atoms with van der Waals surface area (Å²) in [7, 11) is 1.44. The third-order valence-electron chi connectivity index (χ3n) is 5.21. The Morgan fingerprint density at radius 1 is 1.35 bits per heavy atom. The molecule has 3 aliphatic rings. The Balaban J connectivity index is 2.03. The first-order valence-corrected chi connectivity index (χ1v) is 7.20. The van der Waals surface area contributed by atoms with E-state index >= 15 is 0 Å². The van der Waals surface area contributed by atoms with Crippen molar-refractivity contribution in [2.45, 2.75) is 39.0 Å². The second-order valence-electron chi connectivity index (χ2n) is 6.46. The van der Waals surface area contributed by atoms with Crippen LogP contribution in [0.2, 0.25) is 0 Å². The van der Waals surface area contributed by atoms with Crippen molar-refractivity contribution in [3.63, 3.8) is 0 Å². The number of rotatable bonds is 1. The van der Waals surface area contributed by atoms with Gasteiger partial charge in [0.2, 0.25) is 5.78 Å². The van der Waals surface area contributed by atoms with Gasteiger partial charge in [-0.25, -0.2) is 0 Å². The second-order valence-corrected chi connectivity index (χ2v) is 6.46. The third-order valence-corrected chi connectivity index (χ3v) is 5.21. The lowest BCUT2D eigenvalue weighted by atomic mass is 9.56. The highest BCUT2D eigenvalue weighted by Gasteiger charge is 2.46. The van der Waals surface area contributed by atoms with Crippen molar-refractivity contribution in [3.05, 3.63) is 35.1 Å². The Morgan fingerprint density at radius 2 is 2.10 bits per heavy atom. The molecular weight excluding hydrogens is 252 g/mol. The minimum atomic E-state index is -0.0991. The van der Waals surface area contributed by atoms with Crippen molar-refractivity contribution in [3.8, 4) is 0 Å². The van der Waals surface area contributed by atoms with Crippen LogP contribution in [-0.4, -0.2) is 18.7 Å². The minimum Gasteiger partial charge on any atom is -0.493 e. The SMILES string of the molecule is C=C1CCCC2(C)CC3=C(CC12)C(=O)C=C(OC)C3=O. The maximum atomic E-state index is 12.4. The van der Waals surface area contributed by atoms with E-state index in [0.717, 1.165) is 19.3 Å². The first-order chi connectivity index (χ1) is 9.46. The zero-order valence-electron chi connectivity index (χ0n) is 12.1. The molecule has 0 saturated heterocycles. The van der Waals surface area contributed by atoms with Gasteiger partial charge in [-0.1, -0.05) is 19.1 Å². The maximum Gasteiger partial charge on any atom is 0.224 e. The zero-order chi connectivity index (χ0) is 14.5. The Labute approximate surface area is 119 Å². The van der Waals surface area contributed by atoms with Crippen LogP contribution in [0.25, 0.3) is 0 Å². The van der Waals surface area contributed by atoms with Crippen molar-refractivity contribution in [1.82, 2.24) is 0 Å². The van der Waals surface area contributed by atoms with Crippen LogP contribution in [0.1, 0.15) is 39.0 Å². The van der Waals surface area contributed by atoms with E-state index in [-0.39, 0.29) is 22.7 Å². The third kappa shape index (κ3) is 1.80. The normalized spacial score (nSPS) is 33.6. The van der Waals surface area contributed by atoms with Crippen molar-refractivity contribution in [1.29, 1.82) is 0 Å². The summed E-state index contributed by atoms with van der Waals surface area (Å²) < 4.78 is 5.05. The molecule has 0 aliphatic heterocycles. The van der Waals surface area contributed by atoms with Gasteiger partial charge in [0, 0.05) is 17.2 Å². The fraction of sp³-hybridized carbons (Fsp3) is 0.529. The average Bonchev–Trinajstić information content (AvgIpc) is 2.41. The minimum absolute atomic E-state index is 0.0585. The predicted octanol–water partition coefficient (Wildman–Crippen LogP) is 3.12. The van der Waals surface area contributed by atoms with E-state index in [1.807, 2.05) is 0 Å². The summed E-state index contributed by atoms with van der Waals surface area (Å²) in [6, 6.07) is 0. The molecule has 106 valence electrons. The average molecular weight is 272 g/mol. The molecule has 3 nitrogen and oxygen atoms in total. The van der Waals surface area contributed by atoms with E-state index in [9.17, 15) is 9.59 Å². The summed E-state index contributed by atoms with van der Waals surface area (Å²) in [5, 5.41) is 0. The van der Waals surface area contributed by atoms with Crippen LogP contribution in [0, 0.1) is 11.3 Å². The fourth-order valence-electron chi connectivity index (χ4n) is 4.04. The van der Waals surface area contributed by atoms with Crippen LogP contribution >= 0.6 is 0 Å². The molecule has 0 aromatic rings. The molecule has 1 fully saturated rings.